The lowest BCUT2D eigenvalue weighted by Gasteiger charge is -2.04. The summed E-state index contributed by atoms with van der Waals surface area (Å²) in [5.41, 5.74) is 2.96. The number of nitrogens with one attached hydrogen (secondary N) is 2. The molecule has 1 rings (SSSR count). The Bertz CT molecular complexity index is 408. The van der Waals surface area contributed by atoms with Gasteiger partial charge in [-0.1, -0.05) is 0 Å². The highest BCUT2D eigenvalue weighted by Crippen LogP contribution is 2.17. The first-order valence-electron chi connectivity index (χ1n) is 4.79. The van der Waals surface area contributed by atoms with Crippen molar-refractivity contribution in [3.8, 4) is 5.75 Å². The average molecular weight is 204 g/mol. The molecule has 0 saturated heterocycles. The van der Waals surface area contributed by atoms with Gasteiger partial charge in [-0.05, 0) is 49.2 Å². The van der Waals surface area contributed by atoms with Crippen molar-refractivity contribution >= 4 is 5.71 Å². The molecule has 0 saturated carbocycles. The van der Waals surface area contributed by atoms with Crippen LogP contribution in [0.5, 0.6) is 5.75 Å². The molecule has 3 nitrogen and oxygen atoms in total. The molecule has 0 spiro atoms. The third kappa shape index (κ3) is 2.84. The molecule has 15 heavy (non-hydrogen) atoms. The van der Waals surface area contributed by atoms with Gasteiger partial charge in [0, 0.05) is 12.7 Å². The third-order valence-corrected chi connectivity index (χ3v) is 2.26. The molecule has 0 aliphatic heterocycles. The van der Waals surface area contributed by atoms with Crippen molar-refractivity contribution in [2.24, 2.45) is 0 Å². The van der Waals surface area contributed by atoms with Crippen molar-refractivity contribution in [1.82, 2.24) is 5.32 Å². The van der Waals surface area contributed by atoms with Crippen LogP contribution in [0.2, 0.25) is 0 Å². The number of benzene rings is 1. The molecule has 0 aliphatic rings. The van der Waals surface area contributed by atoms with Gasteiger partial charge in [-0.15, -0.1) is 0 Å². The van der Waals surface area contributed by atoms with Crippen LogP contribution in [0, 0.1) is 12.3 Å². The van der Waals surface area contributed by atoms with Gasteiger partial charge in [-0.2, -0.15) is 0 Å². The molecular weight excluding hydrogens is 188 g/mol. The van der Waals surface area contributed by atoms with Crippen LogP contribution in [0.25, 0.3) is 0 Å². The van der Waals surface area contributed by atoms with Crippen molar-refractivity contribution in [2.45, 2.75) is 13.8 Å². The number of phenols is 1. The Morgan fingerprint density at radius 2 is 2.13 bits per heavy atom. The fourth-order valence-corrected chi connectivity index (χ4v) is 1.20. The van der Waals surface area contributed by atoms with E-state index < -0.39 is 0 Å². The van der Waals surface area contributed by atoms with E-state index in [0.717, 1.165) is 16.8 Å². The zero-order valence-corrected chi connectivity index (χ0v) is 9.26. The fourth-order valence-electron chi connectivity index (χ4n) is 1.20. The van der Waals surface area contributed by atoms with Gasteiger partial charge in [0.15, 0.2) is 0 Å². The molecule has 0 radical (unpaired) electrons. The highest BCUT2D eigenvalue weighted by molar-refractivity contribution is 6.07. The molecule has 0 unspecified atom stereocenters. The van der Waals surface area contributed by atoms with Gasteiger partial charge in [-0.3, -0.25) is 0 Å². The van der Waals surface area contributed by atoms with Crippen molar-refractivity contribution < 1.29 is 5.11 Å². The van der Waals surface area contributed by atoms with E-state index in [1.807, 2.05) is 20.9 Å². The highest BCUT2D eigenvalue weighted by Gasteiger charge is 2.01. The Hall–Kier alpha value is -1.77. The number of hydrogen-bond acceptors (Lipinski definition) is 3. The summed E-state index contributed by atoms with van der Waals surface area (Å²) >= 11 is 0. The summed E-state index contributed by atoms with van der Waals surface area (Å²) < 4.78 is 0. The van der Waals surface area contributed by atoms with E-state index in [-0.39, 0.29) is 5.75 Å². The Labute approximate surface area is 90.0 Å². The number of hydrogen-bond donors (Lipinski definition) is 3. The van der Waals surface area contributed by atoms with E-state index in [2.05, 4.69) is 5.32 Å². The normalized spacial score (nSPS) is 11.3. The predicted molar refractivity (Wildman–Crippen MR) is 62.5 cm³/mol. The Morgan fingerprint density at radius 1 is 1.47 bits per heavy atom. The largest absolute Gasteiger partial charge is 0.508 e. The van der Waals surface area contributed by atoms with E-state index in [9.17, 15) is 5.11 Å². The average Bonchev–Trinajstić information content (AvgIpc) is 2.21. The monoisotopic (exact) mass is 204 g/mol. The SMILES string of the molecule is CN/C(C)=C\C(=N)c1ccc(O)c(C)c1. The number of rotatable bonds is 3. The molecule has 3 N–H and O–H groups in total. The molecule has 0 amide bonds. The molecule has 0 fully saturated rings. The molecule has 0 atom stereocenters. The van der Waals surface area contributed by atoms with Crippen molar-refractivity contribution in [1.29, 1.82) is 5.41 Å². The summed E-state index contributed by atoms with van der Waals surface area (Å²) in [6.45, 7) is 3.72. The molecule has 0 heterocycles. The second-order valence-corrected chi connectivity index (χ2v) is 3.49. The van der Waals surface area contributed by atoms with E-state index in [4.69, 9.17) is 5.41 Å². The Balaban J connectivity index is 2.97. The molecule has 1 aromatic rings. The van der Waals surface area contributed by atoms with Crippen LogP contribution in [0.15, 0.2) is 30.0 Å². The van der Waals surface area contributed by atoms with Crippen molar-refractivity contribution in [3.05, 3.63) is 41.1 Å². The van der Waals surface area contributed by atoms with Crippen molar-refractivity contribution in [2.75, 3.05) is 7.05 Å². The molecule has 0 aromatic heterocycles. The van der Waals surface area contributed by atoms with Crippen LogP contribution in [0.1, 0.15) is 18.1 Å². The van der Waals surface area contributed by atoms with Crippen LogP contribution >= 0.6 is 0 Å². The molecule has 3 heteroatoms. The lowest BCUT2D eigenvalue weighted by molar-refractivity contribution is 0.471. The van der Waals surface area contributed by atoms with Crippen molar-refractivity contribution in [3.63, 3.8) is 0 Å². The zero-order valence-electron chi connectivity index (χ0n) is 9.26. The second kappa shape index (κ2) is 4.64. The first-order chi connectivity index (χ1) is 7.04. The predicted octanol–water partition coefficient (Wildman–Crippen LogP) is 2.19. The minimum Gasteiger partial charge on any atom is -0.508 e. The minimum absolute atomic E-state index is 0.265. The van der Waals surface area contributed by atoms with Gasteiger partial charge in [-0.25, -0.2) is 0 Å². The maximum Gasteiger partial charge on any atom is 0.118 e. The highest BCUT2D eigenvalue weighted by atomic mass is 16.3. The zero-order chi connectivity index (χ0) is 11.4. The fraction of sp³-hybridized carbons (Fsp3) is 0.250. The number of aromatic hydroxyl groups is 1. The molecule has 0 aliphatic carbocycles. The molecule has 0 bridgehead atoms. The van der Waals surface area contributed by atoms with E-state index in [1.54, 1.807) is 24.3 Å². The first-order valence-corrected chi connectivity index (χ1v) is 4.79. The number of phenolic OH excluding ortho intramolecular Hbond substituents is 1. The van der Waals surface area contributed by atoms with Gasteiger partial charge in [0.25, 0.3) is 0 Å². The van der Waals surface area contributed by atoms with Gasteiger partial charge < -0.3 is 15.8 Å². The van der Waals surface area contributed by atoms with Gasteiger partial charge in [0.2, 0.25) is 0 Å². The lowest BCUT2D eigenvalue weighted by atomic mass is 10.1. The van der Waals surface area contributed by atoms with Gasteiger partial charge >= 0.3 is 0 Å². The molecule has 1 aromatic carbocycles. The number of aryl methyl sites for hydroxylation is 1. The Kier molecular flexibility index (Phi) is 3.50. The lowest BCUT2D eigenvalue weighted by Crippen LogP contribution is -2.05. The van der Waals surface area contributed by atoms with E-state index in [0.29, 0.717) is 5.71 Å². The van der Waals surface area contributed by atoms with Crippen LogP contribution in [-0.2, 0) is 0 Å². The maximum atomic E-state index is 9.36. The van der Waals surface area contributed by atoms with Crippen LogP contribution in [-0.4, -0.2) is 17.9 Å². The smallest absolute Gasteiger partial charge is 0.118 e. The van der Waals surface area contributed by atoms with Crippen LogP contribution < -0.4 is 5.32 Å². The quantitative estimate of drug-likeness (QED) is 0.661. The van der Waals surface area contributed by atoms with Crippen LogP contribution in [0.3, 0.4) is 0 Å². The first kappa shape index (κ1) is 11.3. The molecule has 80 valence electrons. The standard InChI is InChI=1S/C12H16N2O/c1-8-6-10(4-5-12(8)15)11(13)7-9(2)14-3/h4-7,13-15H,1-3H3/b9-7-,13-11?. The summed E-state index contributed by atoms with van der Waals surface area (Å²) in [7, 11) is 1.82. The summed E-state index contributed by atoms with van der Waals surface area (Å²) in [6.07, 6.45) is 1.76. The maximum absolute atomic E-state index is 9.36. The summed E-state index contributed by atoms with van der Waals surface area (Å²) in [5.74, 6) is 0.265. The second-order valence-electron chi connectivity index (χ2n) is 3.49. The summed E-state index contributed by atoms with van der Waals surface area (Å²) in [5, 5.41) is 20.2. The topological polar surface area (TPSA) is 56.1 Å². The summed E-state index contributed by atoms with van der Waals surface area (Å²) in [6, 6.07) is 5.16. The van der Waals surface area contributed by atoms with Gasteiger partial charge in [0.05, 0.1) is 5.71 Å². The van der Waals surface area contributed by atoms with Crippen LogP contribution in [0.4, 0.5) is 0 Å². The Morgan fingerprint density at radius 3 is 2.67 bits per heavy atom. The summed E-state index contributed by atoms with van der Waals surface area (Å²) in [4.78, 5) is 0. The minimum atomic E-state index is 0.265. The third-order valence-electron chi connectivity index (χ3n) is 2.26. The van der Waals surface area contributed by atoms with Gasteiger partial charge in [0.1, 0.15) is 5.75 Å². The number of allylic oxidation sites excluding steroid dienone is 2. The van der Waals surface area contributed by atoms with E-state index in [1.165, 1.54) is 0 Å². The van der Waals surface area contributed by atoms with E-state index >= 15 is 0 Å². The molecular formula is C12H16N2O.